The standard InChI is InChI=1S/C52H33N4O.Pt/c1-54-33-55(35-13-12-14-36(30-35)57-37-25-27-43-42-18-5-9-22-48(42)56(49(43)31-37)51-23-10-11-28-53-51)32-50(54)34-24-26-41-40-17-4-8-21-46(40)52(47(41)29-34)44-19-6-2-15-38(44)39-16-3-7-20-45(39)52;/h2-29,32-33H,1H3;/q-3;. The number of rotatable bonds is 5. The van der Waals surface area contributed by atoms with Crippen LogP contribution in [0, 0.1) is 18.8 Å². The Morgan fingerprint density at radius 1 is 0.586 bits per heavy atom. The van der Waals surface area contributed by atoms with Crippen LogP contribution in [0.1, 0.15) is 27.8 Å². The Kier molecular flexibility index (Phi) is 7.86. The van der Waals surface area contributed by atoms with Crippen molar-refractivity contribution in [1.82, 2.24) is 14.5 Å². The van der Waals surface area contributed by atoms with Crippen LogP contribution in [0.5, 0.6) is 11.5 Å². The Balaban J connectivity index is 0.00000385. The molecule has 0 unspecified atom stereocenters. The number of anilines is 1. The van der Waals surface area contributed by atoms with E-state index in [-0.39, 0.29) is 26.5 Å². The first kappa shape index (κ1) is 34.6. The normalized spacial score (nSPS) is 14.3. The van der Waals surface area contributed by atoms with E-state index in [0.717, 1.165) is 44.6 Å². The second-order valence-corrected chi connectivity index (χ2v) is 14.9. The maximum atomic E-state index is 6.48. The van der Waals surface area contributed by atoms with Crippen molar-refractivity contribution in [3.05, 3.63) is 223 Å². The van der Waals surface area contributed by atoms with Crippen molar-refractivity contribution < 1.29 is 25.8 Å². The molecular weight excluding hydrogens is 892 g/mol. The summed E-state index contributed by atoms with van der Waals surface area (Å²) in [6, 6.07) is 65.4. The van der Waals surface area contributed by atoms with Crippen LogP contribution in [0.4, 0.5) is 5.69 Å². The molecule has 0 bridgehead atoms. The summed E-state index contributed by atoms with van der Waals surface area (Å²) in [5.74, 6) is 2.05. The third kappa shape index (κ3) is 4.90. The minimum Gasteiger partial charge on any atom is -0.509 e. The summed E-state index contributed by atoms with van der Waals surface area (Å²) < 4.78 is 8.63. The van der Waals surface area contributed by atoms with Crippen LogP contribution in [-0.4, -0.2) is 21.5 Å². The van der Waals surface area contributed by atoms with Gasteiger partial charge in [-0.3, -0.25) is 0 Å². The zero-order chi connectivity index (χ0) is 37.7. The van der Waals surface area contributed by atoms with Gasteiger partial charge in [0.15, 0.2) is 0 Å². The zero-order valence-corrected chi connectivity index (χ0v) is 33.6. The predicted molar refractivity (Wildman–Crippen MR) is 228 cm³/mol. The Bertz CT molecular complexity index is 3070. The van der Waals surface area contributed by atoms with Crippen molar-refractivity contribution in [3.8, 4) is 39.6 Å². The van der Waals surface area contributed by atoms with Gasteiger partial charge in [0.2, 0.25) is 0 Å². The fraction of sp³-hybridized carbons (Fsp3) is 0.0385. The number of nitrogens with zero attached hydrogens (tertiary/aromatic N) is 4. The molecule has 0 fully saturated rings. The molecule has 0 saturated carbocycles. The first-order valence-electron chi connectivity index (χ1n) is 19.3. The molecule has 9 aromatic rings. The molecule has 7 aromatic carbocycles. The summed E-state index contributed by atoms with van der Waals surface area (Å²) >= 11 is 0. The molecule has 0 saturated heterocycles. The molecule has 0 N–H and O–H groups in total. The number of aromatic nitrogens is 2. The molecule has 12 rings (SSSR count). The third-order valence-corrected chi connectivity index (χ3v) is 11.9. The van der Waals surface area contributed by atoms with Crippen LogP contribution in [-0.2, 0) is 26.5 Å². The number of hydrogen-bond acceptors (Lipinski definition) is 4. The van der Waals surface area contributed by atoms with Crippen LogP contribution in [0.15, 0.2) is 176 Å². The largest absolute Gasteiger partial charge is 0.509 e. The van der Waals surface area contributed by atoms with E-state index in [2.05, 4.69) is 179 Å². The van der Waals surface area contributed by atoms with Gasteiger partial charge in [0, 0.05) is 50.0 Å². The Morgan fingerprint density at radius 2 is 1.24 bits per heavy atom. The Hall–Kier alpha value is -6.68. The minimum absolute atomic E-state index is 0. The number of benzene rings is 7. The molecule has 3 aliphatic rings. The number of ether oxygens (including phenoxy) is 1. The maximum Gasteiger partial charge on any atom is 0.135 e. The second kappa shape index (κ2) is 13.2. The molecule has 280 valence electrons. The van der Waals surface area contributed by atoms with E-state index in [4.69, 9.17) is 4.74 Å². The fourth-order valence-electron chi connectivity index (χ4n) is 9.59. The van der Waals surface area contributed by atoms with Crippen molar-refractivity contribution >= 4 is 33.2 Å². The summed E-state index contributed by atoms with van der Waals surface area (Å²) in [5.41, 5.74) is 15.3. The monoisotopic (exact) mass is 924 g/mol. The smallest absolute Gasteiger partial charge is 0.135 e. The second-order valence-electron chi connectivity index (χ2n) is 14.9. The van der Waals surface area contributed by atoms with Gasteiger partial charge in [0.25, 0.3) is 0 Å². The quantitative estimate of drug-likeness (QED) is 0.161. The van der Waals surface area contributed by atoms with Crippen molar-refractivity contribution in [2.45, 2.75) is 5.41 Å². The summed E-state index contributed by atoms with van der Waals surface area (Å²) in [5, 5.41) is 2.24. The van der Waals surface area contributed by atoms with Gasteiger partial charge in [-0.1, -0.05) is 115 Å². The molecule has 0 amide bonds. The van der Waals surface area contributed by atoms with E-state index in [0.29, 0.717) is 11.5 Å². The van der Waals surface area contributed by atoms with E-state index >= 15 is 0 Å². The topological polar surface area (TPSA) is 33.5 Å². The number of fused-ring (bicyclic) bond motifs is 13. The molecule has 2 aliphatic carbocycles. The van der Waals surface area contributed by atoms with Crippen molar-refractivity contribution in [2.24, 2.45) is 0 Å². The summed E-state index contributed by atoms with van der Waals surface area (Å²) in [4.78, 5) is 8.97. The van der Waals surface area contributed by atoms with Gasteiger partial charge in [-0.15, -0.1) is 41.4 Å². The summed E-state index contributed by atoms with van der Waals surface area (Å²) in [7, 11) is 2.11. The van der Waals surface area contributed by atoms with Gasteiger partial charge < -0.3 is 19.1 Å². The summed E-state index contributed by atoms with van der Waals surface area (Å²) in [6.07, 6.45) is 4.00. The molecule has 0 atom stereocenters. The first-order valence-corrected chi connectivity index (χ1v) is 19.3. The van der Waals surface area contributed by atoms with E-state index in [1.165, 1.54) is 44.5 Å². The molecule has 3 heterocycles. The SMILES string of the molecule is CN1[CH-]N(c2[c-]c(Oc3[c-]c4c(cc3)c3ccccc3n4-c3ccccn3)ccc2)C=C1c1ccc2c(c1)C1(c3ccccc3-c3ccccc31)c1ccccc1-2.[Pt]. The zero-order valence-electron chi connectivity index (χ0n) is 31.3. The van der Waals surface area contributed by atoms with Gasteiger partial charge in [0.1, 0.15) is 5.82 Å². The first-order chi connectivity index (χ1) is 28.2. The van der Waals surface area contributed by atoms with Gasteiger partial charge in [-0.05, 0) is 93.0 Å². The Labute approximate surface area is 351 Å². The van der Waals surface area contributed by atoms with Gasteiger partial charge >= 0.3 is 0 Å². The van der Waals surface area contributed by atoms with Gasteiger partial charge in [-0.25, -0.2) is 4.98 Å². The van der Waals surface area contributed by atoms with E-state index in [9.17, 15) is 0 Å². The van der Waals surface area contributed by atoms with Gasteiger partial charge in [0.05, 0.1) is 5.41 Å². The molecule has 6 heteroatoms. The van der Waals surface area contributed by atoms with Crippen LogP contribution < -0.4 is 9.64 Å². The molecular formula is C52H33N4OPt-3. The molecule has 58 heavy (non-hydrogen) atoms. The maximum absolute atomic E-state index is 6.48. The van der Waals surface area contributed by atoms with Crippen molar-refractivity contribution in [2.75, 3.05) is 11.9 Å². The molecule has 2 aromatic heterocycles. The third-order valence-electron chi connectivity index (χ3n) is 11.9. The predicted octanol–water partition coefficient (Wildman–Crippen LogP) is 11.8. The number of pyridine rings is 1. The number of hydrogen-bond donors (Lipinski definition) is 0. The Morgan fingerprint density at radius 3 is 1.97 bits per heavy atom. The summed E-state index contributed by atoms with van der Waals surface area (Å²) in [6.45, 7) is 2.10. The van der Waals surface area contributed by atoms with Crippen LogP contribution in [0.3, 0.4) is 0 Å². The molecule has 1 aliphatic heterocycles. The van der Waals surface area contributed by atoms with Crippen molar-refractivity contribution in [3.63, 3.8) is 0 Å². The average Bonchev–Trinajstić information content (AvgIpc) is 3.99. The molecule has 5 nitrogen and oxygen atoms in total. The van der Waals surface area contributed by atoms with Crippen LogP contribution in [0.2, 0.25) is 0 Å². The molecule has 1 spiro atoms. The fourth-order valence-corrected chi connectivity index (χ4v) is 9.59. The van der Waals surface area contributed by atoms with Gasteiger partial charge in [-0.2, -0.15) is 18.8 Å². The molecule has 0 radical (unpaired) electrons. The van der Waals surface area contributed by atoms with Crippen molar-refractivity contribution in [1.29, 1.82) is 0 Å². The number of para-hydroxylation sites is 1. The van der Waals surface area contributed by atoms with Crippen LogP contribution >= 0.6 is 0 Å². The minimum atomic E-state index is -0.387. The van der Waals surface area contributed by atoms with E-state index in [1.54, 1.807) is 0 Å². The van der Waals surface area contributed by atoms with E-state index < -0.39 is 0 Å². The van der Waals surface area contributed by atoms with Crippen LogP contribution in [0.25, 0.3) is 55.6 Å². The van der Waals surface area contributed by atoms with E-state index in [1.807, 2.05) is 42.6 Å². The average molecular weight is 925 g/mol.